The number of carbonyl (C=O) groups excluding carboxylic acids is 1. The van der Waals surface area contributed by atoms with Crippen LogP contribution in [0.5, 0.6) is 0 Å². The topological polar surface area (TPSA) is 43.1 Å². The number of rotatable bonds is 3. The summed E-state index contributed by atoms with van der Waals surface area (Å²) in [5.41, 5.74) is 5.38. The van der Waals surface area contributed by atoms with E-state index in [2.05, 4.69) is 0 Å². The van der Waals surface area contributed by atoms with E-state index < -0.39 is 0 Å². The third-order valence-corrected chi connectivity index (χ3v) is 1.77. The van der Waals surface area contributed by atoms with E-state index in [9.17, 15) is 4.79 Å². The predicted octanol–water partition coefficient (Wildman–Crippen LogP) is -0.191. The predicted molar refractivity (Wildman–Crippen MR) is 33.6 cm³/mol. The number of carbonyl (C=O) groups is 1. The SMILES string of the molecule is CCCC(N)C(=O)[Te]. The van der Waals surface area contributed by atoms with E-state index in [4.69, 9.17) is 5.73 Å². The Bertz CT molecular complexity index is 84.5. The van der Waals surface area contributed by atoms with Gasteiger partial charge in [-0.25, -0.2) is 0 Å². The van der Waals surface area contributed by atoms with Gasteiger partial charge in [-0.2, -0.15) is 0 Å². The third kappa shape index (κ3) is 3.43. The van der Waals surface area contributed by atoms with Crippen LogP contribution in [0, 0.1) is 0 Å². The van der Waals surface area contributed by atoms with Gasteiger partial charge < -0.3 is 0 Å². The molecule has 0 aromatic rings. The van der Waals surface area contributed by atoms with Crippen molar-refractivity contribution in [3.63, 3.8) is 0 Å². The average molecular weight is 228 g/mol. The third-order valence-electron chi connectivity index (χ3n) is 0.902. The van der Waals surface area contributed by atoms with Crippen molar-refractivity contribution in [1.82, 2.24) is 0 Å². The van der Waals surface area contributed by atoms with E-state index in [0.29, 0.717) is 0 Å². The number of hydrogen-bond donors (Lipinski definition) is 1. The first kappa shape index (κ1) is 8.42. The van der Waals surface area contributed by atoms with E-state index in [1.165, 1.54) is 22.3 Å². The molecule has 47 valence electrons. The second kappa shape index (κ2) is 4.31. The summed E-state index contributed by atoms with van der Waals surface area (Å²) < 4.78 is 0.0997. The molecule has 0 aliphatic rings. The Kier molecular flexibility index (Phi) is 4.54. The van der Waals surface area contributed by atoms with Crippen molar-refractivity contribution in [3.05, 3.63) is 0 Å². The average Bonchev–Trinajstić information content (AvgIpc) is 1.67. The van der Waals surface area contributed by atoms with Gasteiger partial charge >= 0.3 is 62.5 Å². The van der Waals surface area contributed by atoms with Gasteiger partial charge in [-0.3, -0.25) is 0 Å². The molecule has 3 heteroatoms. The van der Waals surface area contributed by atoms with E-state index >= 15 is 0 Å². The summed E-state index contributed by atoms with van der Waals surface area (Å²) in [5, 5.41) is 0. The molecule has 0 fully saturated rings. The minimum absolute atomic E-state index is 0.0997. The maximum absolute atomic E-state index is 10.4. The van der Waals surface area contributed by atoms with Crippen molar-refractivity contribution in [2.75, 3.05) is 0 Å². The van der Waals surface area contributed by atoms with Crippen molar-refractivity contribution in [3.8, 4) is 0 Å². The Labute approximate surface area is 62.7 Å². The molecular formula is C5H10NOTe. The van der Waals surface area contributed by atoms with Gasteiger partial charge in [-0.1, -0.05) is 0 Å². The van der Waals surface area contributed by atoms with Crippen LogP contribution in [-0.4, -0.2) is 32.2 Å². The minimum atomic E-state index is -0.218. The van der Waals surface area contributed by atoms with E-state index in [-0.39, 0.29) is 9.87 Å². The van der Waals surface area contributed by atoms with Crippen LogP contribution < -0.4 is 5.73 Å². The normalized spacial score (nSPS) is 13.2. The Hall–Kier alpha value is 0.420. The van der Waals surface area contributed by atoms with Crippen molar-refractivity contribution in [2.24, 2.45) is 5.73 Å². The summed E-state index contributed by atoms with van der Waals surface area (Å²) in [6, 6.07) is -0.218. The van der Waals surface area contributed by atoms with Crippen LogP contribution in [0.2, 0.25) is 0 Å². The Morgan fingerprint density at radius 3 is 2.50 bits per heavy atom. The summed E-state index contributed by atoms with van der Waals surface area (Å²) in [6.07, 6.45) is 1.81. The molecule has 1 radical (unpaired) electrons. The van der Waals surface area contributed by atoms with E-state index in [1.807, 2.05) is 6.92 Å². The molecule has 0 bridgehead atoms. The molecule has 8 heavy (non-hydrogen) atoms. The summed E-state index contributed by atoms with van der Waals surface area (Å²) in [7, 11) is 0. The first-order valence-electron chi connectivity index (χ1n) is 2.65. The maximum atomic E-state index is 10.4. The monoisotopic (exact) mass is 230 g/mol. The number of hydrogen-bond acceptors (Lipinski definition) is 2. The van der Waals surface area contributed by atoms with Crippen LogP contribution >= 0.6 is 0 Å². The molecule has 0 rings (SSSR count). The summed E-state index contributed by atoms with van der Waals surface area (Å²) in [4.78, 5) is 10.4. The standard InChI is InChI=1S/C5H10NOTe/c1-2-3-4(6)5(7)8/h4H,2-3,6H2,1H3. The van der Waals surface area contributed by atoms with Crippen LogP contribution in [-0.2, 0) is 4.79 Å². The van der Waals surface area contributed by atoms with Crippen molar-refractivity contribution in [1.29, 1.82) is 0 Å². The van der Waals surface area contributed by atoms with Crippen molar-refractivity contribution < 1.29 is 4.79 Å². The van der Waals surface area contributed by atoms with Gasteiger partial charge in [0.25, 0.3) is 0 Å². The fourth-order valence-corrected chi connectivity index (χ4v) is 0.765. The molecule has 2 nitrogen and oxygen atoms in total. The van der Waals surface area contributed by atoms with Gasteiger partial charge in [0, 0.05) is 0 Å². The van der Waals surface area contributed by atoms with Crippen LogP contribution in [0.25, 0.3) is 0 Å². The molecule has 0 heterocycles. The first-order valence-corrected chi connectivity index (χ1v) is 3.81. The Morgan fingerprint density at radius 2 is 2.38 bits per heavy atom. The molecular weight excluding hydrogens is 218 g/mol. The summed E-state index contributed by atoms with van der Waals surface area (Å²) in [6.45, 7) is 2.02. The Morgan fingerprint density at radius 1 is 1.88 bits per heavy atom. The quantitative estimate of drug-likeness (QED) is 0.680. The van der Waals surface area contributed by atoms with Gasteiger partial charge in [-0.05, 0) is 0 Å². The molecule has 0 saturated heterocycles. The van der Waals surface area contributed by atoms with Crippen LogP contribution in [0.4, 0.5) is 0 Å². The zero-order valence-corrected chi connectivity index (χ0v) is 7.22. The molecule has 0 aliphatic carbocycles. The van der Waals surface area contributed by atoms with Gasteiger partial charge in [0.15, 0.2) is 0 Å². The molecule has 1 unspecified atom stereocenters. The number of nitrogens with two attached hydrogens (primary N) is 1. The second-order valence-corrected chi connectivity index (χ2v) is 2.86. The molecule has 0 saturated carbocycles. The van der Waals surface area contributed by atoms with E-state index in [0.717, 1.165) is 12.8 Å². The molecule has 2 N–H and O–H groups in total. The van der Waals surface area contributed by atoms with Crippen LogP contribution in [0.3, 0.4) is 0 Å². The van der Waals surface area contributed by atoms with Gasteiger partial charge in [0.05, 0.1) is 0 Å². The molecule has 0 aliphatic heterocycles. The molecule has 0 spiro atoms. The van der Waals surface area contributed by atoms with Crippen molar-refractivity contribution in [2.45, 2.75) is 25.8 Å². The van der Waals surface area contributed by atoms with Crippen molar-refractivity contribution >= 4 is 26.1 Å². The zero-order chi connectivity index (χ0) is 6.57. The molecule has 0 aromatic heterocycles. The Balaban J connectivity index is 3.32. The zero-order valence-electron chi connectivity index (χ0n) is 4.89. The molecule has 1 atom stereocenters. The first-order chi connectivity index (χ1) is 3.68. The fraction of sp³-hybridized carbons (Fsp3) is 0.800. The molecule has 0 aromatic carbocycles. The van der Waals surface area contributed by atoms with Gasteiger partial charge in [0.1, 0.15) is 0 Å². The van der Waals surface area contributed by atoms with Crippen LogP contribution in [0.15, 0.2) is 0 Å². The molecule has 0 amide bonds. The summed E-state index contributed by atoms with van der Waals surface area (Å²) in [5.74, 6) is 0. The van der Waals surface area contributed by atoms with Gasteiger partial charge in [-0.15, -0.1) is 0 Å². The van der Waals surface area contributed by atoms with Gasteiger partial charge in [0.2, 0.25) is 0 Å². The van der Waals surface area contributed by atoms with E-state index in [1.54, 1.807) is 0 Å². The fourth-order valence-electron chi connectivity index (χ4n) is 0.429. The second-order valence-electron chi connectivity index (χ2n) is 1.71. The summed E-state index contributed by atoms with van der Waals surface area (Å²) >= 11 is 1.46. The van der Waals surface area contributed by atoms with Crippen LogP contribution in [0.1, 0.15) is 19.8 Å².